The fourth-order valence-corrected chi connectivity index (χ4v) is 3.47. The molecule has 1 aromatic heterocycles. The molecule has 0 bridgehead atoms. The molecule has 2 aromatic carbocycles. The van der Waals surface area contributed by atoms with E-state index in [9.17, 15) is 4.79 Å². The first-order chi connectivity index (χ1) is 12.5. The van der Waals surface area contributed by atoms with Crippen molar-refractivity contribution in [3.05, 3.63) is 64.0 Å². The molecule has 0 atom stereocenters. The maximum atomic E-state index is 12.5. The number of carbonyl (C=O) groups excluding carboxylic acids is 1. The number of thiazole rings is 1. The van der Waals surface area contributed by atoms with Gasteiger partial charge in [-0.25, -0.2) is 4.98 Å². The van der Waals surface area contributed by atoms with Crippen LogP contribution in [0.2, 0.25) is 0 Å². The van der Waals surface area contributed by atoms with Crippen LogP contribution in [0.3, 0.4) is 0 Å². The van der Waals surface area contributed by atoms with E-state index in [2.05, 4.69) is 29.5 Å². The minimum atomic E-state index is -0.131. The Balaban J connectivity index is 1.73. The number of amides is 1. The number of hydrogen-bond acceptors (Lipinski definition) is 4. The van der Waals surface area contributed by atoms with E-state index in [0.29, 0.717) is 11.5 Å². The summed E-state index contributed by atoms with van der Waals surface area (Å²) in [4.78, 5) is 17.2. The molecule has 5 heteroatoms. The molecule has 0 aliphatic heterocycles. The monoisotopic (exact) mass is 366 g/mol. The topological polar surface area (TPSA) is 51.2 Å². The Bertz CT molecular complexity index is 914. The number of rotatable bonds is 5. The molecular formula is C21H22N2O2S. The van der Waals surface area contributed by atoms with Gasteiger partial charge in [0.15, 0.2) is 0 Å². The average Bonchev–Trinajstić information content (AvgIpc) is 3.12. The summed E-state index contributed by atoms with van der Waals surface area (Å²) in [5.41, 5.74) is 4.29. The molecule has 0 saturated heterocycles. The molecule has 4 nitrogen and oxygen atoms in total. The van der Waals surface area contributed by atoms with Crippen molar-refractivity contribution in [1.82, 2.24) is 4.98 Å². The molecule has 1 heterocycles. The van der Waals surface area contributed by atoms with Crippen LogP contribution in [0.25, 0.3) is 11.3 Å². The number of ether oxygens (including phenoxy) is 1. The standard InChI is InChI=1S/C21H22N2O2S/c1-13(2)21-23-19(12-26-21)15-5-7-16(8-6-15)22-20(24)18-10-9-17(25-4)11-14(18)3/h5-13H,1-4H3,(H,22,24). The molecule has 26 heavy (non-hydrogen) atoms. The molecule has 3 rings (SSSR count). The smallest absolute Gasteiger partial charge is 0.255 e. The summed E-state index contributed by atoms with van der Waals surface area (Å²) < 4.78 is 5.18. The number of nitrogens with one attached hydrogen (secondary N) is 1. The van der Waals surface area contributed by atoms with Gasteiger partial charge < -0.3 is 10.1 Å². The molecule has 1 N–H and O–H groups in total. The summed E-state index contributed by atoms with van der Waals surface area (Å²) in [6.07, 6.45) is 0. The van der Waals surface area contributed by atoms with Crippen LogP contribution in [0, 0.1) is 6.92 Å². The van der Waals surface area contributed by atoms with Gasteiger partial charge in [-0.1, -0.05) is 26.0 Å². The summed E-state index contributed by atoms with van der Waals surface area (Å²) in [6, 6.07) is 13.2. The molecule has 0 aliphatic carbocycles. The first kappa shape index (κ1) is 18.1. The zero-order valence-corrected chi connectivity index (χ0v) is 16.2. The van der Waals surface area contributed by atoms with Crippen molar-refractivity contribution >= 4 is 22.9 Å². The first-order valence-electron chi connectivity index (χ1n) is 8.49. The van der Waals surface area contributed by atoms with E-state index in [0.717, 1.165) is 33.3 Å². The Hall–Kier alpha value is -2.66. The summed E-state index contributed by atoms with van der Waals surface area (Å²) in [5, 5.41) is 6.15. The molecule has 0 saturated carbocycles. The molecular weight excluding hydrogens is 344 g/mol. The van der Waals surface area contributed by atoms with E-state index in [1.54, 1.807) is 30.6 Å². The van der Waals surface area contributed by atoms with E-state index in [1.165, 1.54) is 0 Å². The minimum absolute atomic E-state index is 0.131. The Morgan fingerprint density at radius 2 is 1.88 bits per heavy atom. The molecule has 0 radical (unpaired) electrons. The van der Waals surface area contributed by atoms with Crippen molar-refractivity contribution in [2.45, 2.75) is 26.7 Å². The van der Waals surface area contributed by atoms with Crippen molar-refractivity contribution in [3.8, 4) is 17.0 Å². The summed E-state index contributed by atoms with van der Waals surface area (Å²) >= 11 is 1.68. The Morgan fingerprint density at radius 3 is 2.46 bits per heavy atom. The van der Waals surface area contributed by atoms with Crippen LogP contribution in [-0.2, 0) is 0 Å². The lowest BCUT2D eigenvalue weighted by molar-refractivity contribution is 0.102. The number of nitrogens with zero attached hydrogens (tertiary/aromatic N) is 1. The molecule has 0 unspecified atom stereocenters. The van der Waals surface area contributed by atoms with Gasteiger partial charge in [0.05, 0.1) is 17.8 Å². The van der Waals surface area contributed by atoms with Gasteiger partial charge in [-0.2, -0.15) is 0 Å². The van der Waals surface area contributed by atoms with Crippen molar-refractivity contribution in [2.24, 2.45) is 0 Å². The summed E-state index contributed by atoms with van der Waals surface area (Å²) in [7, 11) is 1.61. The lowest BCUT2D eigenvalue weighted by Crippen LogP contribution is -2.13. The van der Waals surface area contributed by atoms with Gasteiger partial charge >= 0.3 is 0 Å². The average molecular weight is 366 g/mol. The van der Waals surface area contributed by atoms with Gasteiger partial charge in [0, 0.05) is 28.1 Å². The zero-order chi connectivity index (χ0) is 18.7. The third kappa shape index (κ3) is 3.94. The zero-order valence-electron chi connectivity index (χ0n) is 15.4. The van der Waals surface area contributed by atoms with Crippen molar-refractivity contribution in [1.29, 1.82) is 0 Å². The largest absolute Gasteiger partial charge is 0.497 e. The summed E-state index contributed by atoms with van der Waals surface area (Å²) in [5.74, 6) is 1.04. The number of benzene rings is 2. The number of methoxy groups -OCH3 is 1. The fraction of sp³-hybridized carbons (Fsp3) is 0.238. The van der Waals surface area contributed by atoms with E-state index in [1.807, 2.05) is 37.3 Å². The summed E-state index contributed by atoms with van der Waals surface area (Å²) in [6.45, 7) is 6.18. The predicted molar refractivity (Wildman–Crippen MR) is 107 cm³/mol. The SMILES string of the molecule is COc1ccc(C(=O)Nc2ccc(-c3csc(C(C)C)n3)cc2)c(C)c1. The van der Waals surface area contributed by atoms with Gasteiger partial charge in [-0.05, 0) is 42.8 Å². The highest BCUT2D eigenvalue weighted by atomic mass is 32.1. The molecule has 0 aliphatic rings. The predicted octanol–water partition coefficient (Wildman–Crippen LogP) is 5.50. The highest BCUT2D eigenvalue weighted by Crippen LogP contribution is 2.27. The lowest BCUT2D eigenvalue weighted by Gasteiger charge is -2.09. The van der Waals surface area contributed by atoms with Crippen LogP contribution in [-0.4, -0.2) is 18.0 Å². The van der Waals surface area contributed by atoms with Crippen molar-refractivity contribution < 1.29 is 9.53 Å². The van der Waals surface area contributed by atoms with Gasteiger partial charge in [0.1, 0.15) is 5.75 Å². The van der Waals surface area contributed by atoms with Gasteiger partial charge in [-0.3, -0.25) is 4.79 Å². The third-order valence-electron chi connectivity index (χ3n) is 4.13. The minimum Gasteiger partial charge on any atom is -0.497 e. The highest BCUT2D eigenvalue weighted by Gasteiger charge is 2.11. The molecule has 134 valence electrons. The lowest BCUT2D eigenvalue weighted by atomic mass is 10.1. The number of aromatic nitrogens is 1. The van der Waals surface area contributed by atoms with Gasteiger partial charge in [0.25, 0.3) is 5.91 Å². The van der Waals surface area contributed by atoms with Crippen LogP contribution in [0.4, 0.5) is 5.69 Å². The number of carbonyl (C=O) groups is 1. The first-order valence-corrected chi connectivity index (χ1v) is 9.37. The molecule has 0 fully saturated rings. The second-order valence-corrected chi connectivity index (χ2v) is 7.33. The van der Waals surface area contributed by atoms with Crippen LogP contribution in [0.1, 0.15) is 40.7 Å². The van der Waals surface area contributed by atoms with E-state index in [4.69, 9.17) is 4.74 Å². The normalized spacial score (nSPS) is 10.8. The van der Waals surface area contributed by atoms with Crippen LogP contribution < -0.4 is 10.1 Å². The number of hydrogen-bond donors (Lipinski definition) is 1. The van der Waals surface area contributed by atoms with Crippen LogP contribution >= 0.6 is 11.3 Å². The van der Waals surface area contributed by atoms with E-state index in [-0.39, 0.29) is 5.91 Å². The Kier molecular flexibility index (Phi) is 5.38. The van der Waals surface area contributed by atoms with E-state index >= 15 is 0 Å². The molecule has 0 spiro atoms. The third-order valence-corrected chi connectivity index (χ3v) is 5.28. The molecule has 3 aromatic rings. The van der Waals surface area contributed by atoms with Crippen molar-refractivity contribution in [2.75, 3.05) is 12.4 Å². The maximum absolute atomic E-state index is 12.5. The second-order valence-electron chi connectivity index (χ2n) is 6.44. The highest BCUT2D eigenvalue weighted by molar-refractivity contribution is 7.10. The van der Waals surface area contributed by atoms with Crippen LogP contribution in [0.5, 0.6) is 5.75 Å². The fourth-order valence-electron chi connectivity index (χ4n) is 2.63. The molecule has 1 amide bonds. The Labute approximate surface area is 157 Å². The maximum Gasteiger partial charge on any atom is 0.255 e. The van der Waals surface area contributed by atoms with E-state index < -0.39 is 0 Å². The Morgan fingerprint density at radius 1 is 1.15 bits per heavy atom. The van der Waals surface area contributed by atoms with Gasteiger partial charge in [-0.15, -0.1) is 11.3 Å². The number of aryl methyl sites for hydroxylation is 1. The van der Waals surface area contributed by atoms with Crippen molar-refractivity contribution in [3.63, 3.8) is 0 Å². The van der Waals surface area contributed by atoms with Crippen LogP contribution in [0.15, 0.2) is 47.8 Å². The van der Waals surface area contributed by atoms with Gasteiger partial charge in [0.2, 0.25) is 0 Å². The second kappa shape index (κ2) is 7.70. The quantitative estimate of drug-likeness (QED) is 0.648. The number of anilines is 1.